The molecule has 1 unspecified atom stereocenters. The Kier molecular flexibility index (Phi) is 3.88. The van der Waals surface area contributed by atoms with E-state index in [1.54, 1.807) is 6.07 Å². The van der Waals surface area contributed by atoms with Gasteiger partial charge in [-0.1, -0.05) is 30.3 Å². The highest BCUT2D eigenvalue weighted by Crippen LogP contribution is 2.26. The molecule has 108 valence electrons. The lowest BCUT2D eigenvalue weighted by Gasteiger charge is -2.20. The molecule has 3 aromatic rings. The van der Waals surface area contributed by atoms with Crippen LogP contribution in [-0.2, 0) is 0 Å². The molecule has 0 spiro atoms. The summed E-state index contributed by atoms with van der Waals surface area (Å²) in [4.78, 5) is 0. The molecule has 0 amide bonds. The molecule has 0 saturated carbocycles. The number of nitrogens with zero attached hydrogens (tertiary/aromatic N) is 2. The molecule has 0 radical (unpaired) electrons. The quantitative estimate of drug-likeness (QED) is 0.577. The van der Waals surface area contributed by atoms with Gasteiger partial charge in [-0.2, -0.15) is 4.73 Å². The van der Waals surface area contributed by atoms with Gasteiger partial charge in [0.15, 0.2) is 6.20 Å². The van der Waals surface area contributed by atoms with E-state index >= 15 is 0 Å². The summed E-state index contributed by atoms with van der Waals surface area (Å²) in [5.74, 6) is 0. The molecule has 21 heavy (non-hydrogen) atoms. The molecule has 1 N–H and O–H groups in total. The van der Waals surface area contributed by atoms with Gasteiger partial charge in [-0.15, -0.1) is 0 Å². The second kappa shape index (κ2) is 5.97. The van der Waals surface area contributed by atoms with E-state index < -0.39 is 0 Å². The standard InChI is InChI=1S/C17H19N3O/c1-18-11-9-15(14-6-3-2-4-7-14)19-13-10-17-16(19)8-5-12-20(17)21/h2-8,10,12-13,15,18H,9,11H2,1H3. The smallest absolute Gasteiger partial charge is 0.241 e. The van der Waals surface area contributed by atoms with Crippen LogP contribution in [0.2, 0.25) is 0 Å². The van der Waals surface area contributed by atoms with Crippen LogP contribution in [0.5, 0.6) is 0 Å². The molecule has 1 aromatic carbocycles. The maximum atomic E-state index is 11.9. The van der Waals surface area contributed by atoms with E-state index in [4.69, 9.17) is 0 Å². The summed E-state index contributed by atoms with van der Waals surface area (Å²) in [6, 6.07) is 16.3. The minimum Gasteiger partial charge on any atom is -0.618 e. The molecule has 4 nitrogen and oxygen atoms in total. The van der Waals surface area contributed by atoms with Gasteiger partial charge in [0, 0.05) is 18.3 Å². The Morgan fingerprint density at radius 2 is 1.95 bits per heavy atom. The lowest BCUT2D eigenvalue weighted by Crippen LogP contribution is -2.25. The van der Waals surface area contributed by atoms with E-state index in [-0.39, 0.29) is 6.04 Å². The average Bonchev–Trinajstić information content (AvgIpc) is 2.94. The van der Waals surface area contributed by atoms with Crippen LogP contribution in [0.1, 0.15) is 18.0 Å². The topological polar surface area (TPSA) is 43.9 Å². The number of rotatable bonds is 5. The summed E-state index contributed by atoms with van der Waals surface area (Å²) in [6.45, 7) is 0.920. The highest BCUT2D eigenvalue weighted by atomic mass is 16.5. The predicted molar refractivity (Wildman–Crippen MR) is 84.0 cm³/mol. The number of nitrogens with one attached hydrogen (secondary N) is 1. The Morgan fingerprint density at radius 3 is 2.71 bits per heavy atom. The first-order valence-electron chi connectivity index (χ1n) is 7.19. The fraction of sp³-hybridized carbons (Fsp3) is 0.235. The van der Waals surface area contributed by atoms with E-state index in [0.717, 1.165) is 23.2 Å². The van der Waals surface area contributed by atoms with Crippen LogP contribution in [0, 0.1) is 5.21 Å². The Hall–Kier alpha value is -2.33. The van der Waals surface area contributed by atoms with Crippen molar-refractivity contribution >= 4 is 11.0 Å². The first-order valence-corrected chi connectivity index (χ1v) is 7.19. The number of hydrogen-bond donors (Lipinski definition) is 1. The molecule has 2 aromatic heterocycles. The lowest BCUT2D eigenvalue weighted by molar-refractivity contribution is -0.576. The van der Waals surface area contributed by atoms with Crippen molar-refractivity contribution in [2.24, 2.45) is 0 Å². The number of fused-ring (bicyclic) bond motifs is 1. The monoisotopic (exact) mass is 281 g/mol. The van der Waals surface area contributed by atoms with Gasteiger partial charge in [-0.25, -0.2) is 0 Å². The van der Waals surface area contributed by atoms with Gasteiger partial charge in [0.1, 0.15) is 5.52 Å². The van der Waals surface area contributed by atoms with Crippen LogP contribution in [-0.4, -0.2) is 18.2 Å². The van der Waals surface area contributed by atoms with E-state index in [9.17, 15) is 5.21 Å². The summed E-state index contributed by atoms with van der Waals surface area (Å²) in [6.07, 6.45) is 4.52. The third kappa shape index (κ3) is 2.62. The van der Waals surface area contributed by atoms with Crippen molar-refractivity contribution in [3.8, 4) is 0 Å². The molecule has 0 aliphatic carbocycles. The fourth-order valence-corrected chi connectivity index (χ4v) is 2.79. The summed E-state index contributed by atoms with van der Waals surface area (Å²) >= 11 is 0. The van der Waals surface area contributed by atoms with E-state index in [1.807, 2.05) is 31.4 Å². The maximum absolute atomic E-state index is 11.9. The van der Waals surface area contributed by atoms with E-state index in [2.05, 4.69) is 34.1 Å². The van der Waals surface area contributed by atoms with Crippen molar-refractivity contribution in [2.45, 2.75) is 12.5 Å². The van der Waals surface area contributed by atoms with Crippen molar-refractivity contribution < 1.29 is 4.73 Å². The van der Waals surface area contributed by atoms with Gasteiger partial charge in [0.05, 0.1) is 6.04 Å². The minimum absolute atomic E-state index is 0.221. The largest absolute Gasteiger partial charge is 0.618 e. The lowest BCUT2D eigenvalue weighted by atomic mass is 10.0. The van der Waals surface area contributed by atoms with Crippen molar-refractivity contribution in [1.82, 2.24) is 9.88 Å². The second-order valence-corrected chi connectivity index (χ2v) is 5.15. The summed E-state index contributed by atoms with van der Waals surface area (Å²) < 4.78 is 3.11. The van der Waals surface area contributed by atoms with Crippen LogP contribution in [0.4, 0.5) is 0 Å². The third-order valence-electron chi connectivity index (χ3n) is 3.83. The molecule has 0 saturated heterocycles. The average molecular weight is 281 g/mol. The first-order chi connectivity index (χ1) is 10.3. The normalized spacial score (nSPS) is 12.6. The Bertz CT molecular complexity index is 721. The Balaban J connectivity index is 2.08. The zero-order chi connectivity index (χ0) is 14.7. The van der Waals surface area contributed by atoms with Gasteiger partial charge in [0.2, 0.25) is 5.52 Å². The van der Waals surface area contributed by atoms with Crippen molar-refractivity contribution in [3.63, 3.8) is 0 Å². The van der Waals surface area contributed by atoms with Gasteiger partial charge < -0.3 is 15.1 Å². The van der Waals surface area contributed by atoms with Crippen LogP contribution >= 0.6 is 0 Å². The van der Waals surface area contributed by atoms with Crippen molar-refractivity contribution in [1.29, 1.82) is 0 Å². The number of pyridine rings is 1. The second-order valence-electron chi connectivity index (χ2n) is 5.15. The van der Waals surface area contributed by atoms with Crippen molar-refractivity contribution in [3.05, 3.63) is 71.7 Å². The molecule has 1 atom stereocenters. The molecule has 0 aliphatic heterocycles. The fourth-order valence-electron chi connectivity index (χ4n) is 2.79. The third-order valence-corrected chi connectivity index (χ3v) is 3.83. The number of hydrogen-bond acceptors (Lipinski definition) is 2. The Labute approximate surface area is 124 Å². The van der Waals surface area contributed by atoms with Crippen LogP contribution < -0.4 is 10.0 Å². The van der Waals surface area contributed by atoms with Crippen LogP contribution in [0.25, 0.3) is 11.0 Å². The summed E-state index contributed by atoms with van der Waals surface area (Å²) in [5, 5.41) is 15.1. The van der Waals surface area contributed by atoms with Gasteiger partial charge >= 0.3 is 0 Å². The summed E-state index contributed by atoms with van der Waals surface area (Å²) in [5.41, 5.74) is 2.94. The van der Waals surface area contributed by atoms with Crippen LogP contribution in [0.15, 0.2) is 60.9 Å². The molecule has 0 bridgehead atoms. The molecular formula is C17H19N3O. The maximum Gasteiger partial charge on any atom is 0.241 e. The first kappa shape index (κ1) is 13.6. The summed E-state index contributed by atoms with van der Waals surface area (Å²) in [7, 11) is 1.96. The molecule has 3 rings (SSSR count). The molecule has 0 aliphatic rings. The van der Waals surface area contributed by atoms with Gasteiger partial charge in [0.25, 0.3) is 0 Å². The highest BCUT2D eigenvalue weighted by molar-refractivity contribution is 5.72. The highest BCUT2D eigenvalue weighted by Gasteiger charge is 2.17. The van der Waals surface area contributed by atoms with Crippen molar-refractivity contribution in [2.75, 3.05) is 13.6 Å². The number of aromatic nitrogens is 2. The SMILES string of the molecule is CNCCC(c1ccccc1)n1ccc2c1ccc[n+]2[O-]. The van der Waals surface area contributed by atoms with E-state index in [1.165, 1.54) is 11.8 Å². The van der Waals surface area contributed by atoms with E-state index in [0.29, 0.717) is 5.52 Å². The molecule has 4 heteroatoms. The zero-order valence-electron chi connectivity index (χ0n) is 12.1. The molecule has 2 heterocycles. The predicted octanol–water partition coefficient (Wildman–Crippen LogP) is 2.47. The number of benzene rings is 1. The Morgan fingerprint density at radius 1 is 1.14 bits per heavy atom. The molecule has 0 fully saturated rings. The van der Waals surface area contributed by atoms with Crippen LogP contribution in [0.3, 0.4) is 0 Å². The zero-order valence-corrected chi connectivity index (χ0v) is 12.1. The minimum atomic E-state index is 0.221. The van der Waals surface area contributed by atoms with Gasteiger partial charge in [-0.3, -0.25) is 0 Å². The molecular weight excluding hydrogens is 262 g/mol. The van der Waals surface area contributed by atoms with Gasteiger partial charge in [-0.05, 0) is 31.6 Å².